The van der Waals surface area contributed by atoms with E-state index in [1.165, 1.54) is 12.1 Å². The van der Waals surface area contributed by atoms with Crippen LogP contribution in [-0.4, -0.2) is 53.2 Å². The number of amides is 2. The Labute approximate surface area is 156 Å². The Hall–Kier alpha value is -3.60. The van der Waals surface area contributed by atoms with Crippen LogP contribution in [0.2, 0.25) is 0 Å². The van der Waals surface area contributed by atoms with Gasteiger partial charge in [0.15, 0.2) is 0 Å². The Bertz CT molecular complexity index is 850. The SMILES string of the molecule is N#Cc1ccc(N2CCN(C(=O)NCc3ccc(C(=O)O)cc3)CC2)nc1. The largest absolute Gasteiger partial charge is 0.478 e. The van der Waals surface area contributed by atoms with E-state index in [4.69, 9.17) is 10.4 Å². The van der Waals surface area contributed by atoms with E-state index in [-0.39, 0.29) is 11.6 Å². The Morgan fingerprint density at radius 1 is 1.11 bits per heavy atom. The van der Waals surface area contributed by atoms with Crippen LogP contribution >= 0.6 is 0 Å². The summed E-state index contributed by atoms with van der Waals surface area (Å²) in [7, 11) is 0. The summed E-state index contributed by atoms with van der Waals surface area (Å²) in [4.78, 5) is 31.3. The fourth-order valence-corrected chi connectivity index (χ4v) is 2.83. The summed E-state index contributed by atoms with van der Waals surface area (Å²) in [6.07, 6.45) is 1.55. The molecule has 0 aliphatic carbocycles. The Morgan fingerprint density at radius 2 is 1.81 bits per heavy atom. The van der Waals surface area contributed by atoms with E-state index in [9.17, 15) is 9.59 Å². The van der Waals surface area contributed by atoms with Gasteiger partial charge in [-0.1, -0.05) is 12.1 Å². The average Bonchev–Trinajstić information content (AvgIpc) is 2.72. The monoisotopic (exact) mass is 365 g/mol. The van der Waals surface area contributed by atoms with Gasteiger partial charge in [0.1, 0.15) is 11.9 Å². The lowest BCUT2D eigenvalue weighted by Gasteiger charge is -2.35. The number of carboxylic acids is 1. The van der Waals surface area contributed by atoms with Crippen molar-refractivity contribution in [3.8, 4) is 6.07 Å². The first-order chi connectivity index (χ1) is 13.1. The Morgan fingerprint density at radius 3 is 2.37 bits per heavy atom. The van der Waals surface area contributed by atoms with Crippen LogP contribution in [0.25, 0.3) is 0 Å². The summed E-state index contributed by atoms with van der Waals surface area (Å²) < 4.78 is 0. The zero-order chi connectivity index (χ0) is 19.2. The molecule has 0 saturated carbocycles. The van der Waals surface area contributed by atoms with Crippen LogP contribution in [0, 0.1) is 11.3 Å². The van der Waals surface area contributed by atoms with Crippen LogP contribution in [0.3, 0.4) is 0 Å². The molecule has 2 heterocycles. The van der Waals surface area contributed by atoms with Crippen molar-refractivity contribution in [3.63, 3.8) is 0 Å². The number of rotatable bonds is 4. The quantitative estimate of drug-likeness (QED) is 0.853. The number of aromatic nitrogens is 1. The highest BCUT2D eigenvalue weighted by Gasteiger charge is 2.21. The number of carboxylic acid groups (broad SMARTS) is 1. The first-order valence-corrected chi connectivity index (χ1v) is 8.53. The van der Waals surface area contributed by atoms with E-state index in [0.717, 1.165) is 11.4 Å². The molecule has 138 valence electrons. The lowest BCUT2D eigenvalue weighted by molar-refractivity contribution is 0.0697. The molecular formula is C19H19N5O3. The number of aromatic carboxylic acids is 1. The highest BCUT2D eigenvalue weighted by atomic mass is 16.4. The number of urea groups is 1. The number of carbonyl (C=O) groups is 2. The van der Waals surface area contributed by atoms with Crippen LogP contribution < -0.4 is 10.2 Å². The molecule has 0 atom stereocenters. The molecule has 2 N–H and O–H groups in total. The minimum atomic E-state index is -0.972. The van der Waals surface area contributed by atoms with E-state index in [1.807, 2.05) is 12.1 Å². The molecule has 2 amide bonds. The third-order valence-electron chi connectivity index (χ3n) is 4.41. The zero-order valence-electron chi connectivity index (χ0n) is 14.6. The minimum absolute atomic E-state index is 0.148. The molecule has 1 aliphatic heterocycles. The van der Waals surface area contributed by atoms with E-state index < -0.39 is 5.97 Å². The van der Waals surface area contributed by atoms with Gasteiger partial charge < -0.3 is 20.2 Å². The van der Waals surface area contributed by atoms with Crippen LogP contribution in [0.4, 0.5) is 10.6 Å². The van der Waals surface area contributed by atoms with Crippen molar-refractivity contribution in [3.05, 3.63) is 59.3 Å². The van der Waals surface area contributed by atoms with Gasteiger partial charge in [-0.3, -0.25) is 0 Å². The number of carbonyl (C=O) groups excluding carboxylic acids is 1. The molecule has 3 rings (SSSR count). The molecule has 1 fully saturated rings. The van der Waals surface area contributed by atoms with Crippen molar-refractivity contribution in [2.24, 2.45) is 0 Å². The van der Waals surface area contributed by atoms with Crippen molar-refractivity contribution < 1.29 is 14.7 Å². The number of hydrogen-bond acceptors (Lipinski definition) is 5. The second-order valence-corrected chi connectivity index (χ2v) is 6.15. The van der Waals surface area contributed by atoms with Gasteiger partial charge in [-0.2, -0.15) is 5.26 Å². The normalized spacial score (nSPS) is 13.7. The molecule has 1 aromatic heterocycles. The van der Waals surface area contributed by atoms with Gasteiger partial charge in [0.05, 0.1) is 11.1 Å². The van der Waals surface area contributed by atoms with Crippen LogP contribution in [0.15, 0.2) is 42.6 Å². The van der Waals surface area contributed by atoms with Crippen molar-refractivity contribution in [2.45, 2.75) is 6.54 Å². The smallest absolute Gasteiger partial charge is 0.335 e. The summed E-state index contributed by atoms with van der Waals surface area (Å²) in [5.74, 6) is -0.173. The number of nitrogens with zero attached hydrogens (tertiary/aromatic N) is 4. The molecule has 8 nitrogen and oxygen atoms in total. The molecule has 0 radical (unpaired) electrons. The highest BCUT2D eigenvalue weighted by Crippen LogP contribution is 2.14. The summed E-state index contributed by atoms with van der Waals surface area (Å²) in [6, 6.07) is 11.9. The lowest BCUT2D eigenvalue weighted by Crippen LogP contribution is -2.51. The first-order valence-electron chi connectivity index (χ1n) is 8.53. The summed E-state index contributed by atoms with van der Waals surface area (Å²) in [5.41, 5.74) is 1.58. The maximum absolute atomic E-state index is 12.3. The maximum Gasteiger partial charge on any atom is 0.335 e. The standard InChI is InChI=1S/C19H19N5O3/c20-11-15-3-6-17(21-13-15)23-7-9-24(10-8-23)19(27)22-12-14-1-4-16(5-2-14)18(25)26/h1-6,13H,7-10,12H2,(H,22,27)(H,25,26). The fourth-order valence-electron chi connectivity index (χ4n) is 2.83. The average molecular weight is 365 g/mol. The molecule has 0 unspecified atom stereocenters. The number of pyridine rings is 1. The topological polar surface area (TPSA) is 110 Å². The van der Waals surface area contributed by atoms with Crippen molar-refractivity contribution in [1.29, 1.82) is 5.26 Å². The zero-order valence-corrected chi connectivity index (χ0v) is 14.6. The third-order valence-corrected chi connectivity index (χ3v) is 4.41. The van der Waals surface area contributed by atoms with Gasteiger partial charge in [-0.25, -0.2) is 14.6 Å². The van der Waals surface area contributed by atoms with Gasteiger partial charge in [0, 0.05) is 38.9 Å². The molecule has 2 aromatic rings. The fraction of sp³-hybridized carbons (Fsp3) is 0.263. The van der Waals surface area contributed by atoms with E-state index in [2.05, 4.69) is 15.2 Å². The number of nitriles is 1. The number of piperazine rings is 1. The second kappa shape index (κ2) is 8.19. The van der Waals surface area contributed by atoms with E-state index in [1.54, 1.807) is 29.3 Å². The summed E-state index contributed by atoms with van der Waals surface area (Å²) in [5, 5.41) is 20.6. The molecule has 27 heavy (non-hydrogen) atoms. The summed E-state index contributed by atoms with van der Waals surface area (Å²) >= 11 is 0. The third kappa shape index (κ3) is 4.52. The predicted octanol–water partition coefficient (Wildman–Crippen LogP) is 1.68. The van der Waals surface area contributed by atoms with Gasteiger partial charge in [-0.05, 0) is 29.8 Å². The van der Waals surface area contributed by atoms with Crippen LogP contribution in [-0.2, 0) is 6.54 Å². The molecule has 0 spiro atoms. The van der Waals surface area contributed by atoms with E-state index in [0.29, 0.717) is 38.3 Å². The second-order valence-electron chi connectivity index (χ2n) is 6.15. The molecule has 1 aromatic carbocycles. The summed E-state index contributed by atoms with van der Waals surface area (Å²) in [6.45, 7) is 2.83. The van der Waals surface area contributed by atoms with Gasteiger partial charge in [0.2, 0.25) is 0 Å². The predicted molar refractivity (Wildman–Crippen MR) is 98.4 cm³/mol. The minimum Gasteiger partial charge on any atom is -0.478 e. The van der Waals surface area contributed by atoms with Crippen molar-refractivity contribution in [2.75, 3.05) is 31.1 Å². The molecule has 8 heteroatoms. The molecule has 1 saturated heterocycles. The first kappa shape index (κ1) is 18.2. The van der Waals surface area contributed by atoms with Gasteiger partial charge in [0.25, 0.3) is 0 Å². The Balaban J connectivity index is 1.48. The number of anilines is 1. The van der Waals surface area contributed by atoms with Crippen molar-refractivity contribution >= 4 is 17.8 Å². The molecule has 1 aliphatic rings. The van der Waals surface area contributed by atoms with Gasteiger partial charge in [-0.15, -0.1) is 0 Å². The maximum atomic E-state index is 12.3. The van der Waals surface area contributed by atoms with Crippen LogP contribution in [0.1, 0.15) is 21.5 Å². The highest BCUT2D eigenvalue weighted by molar-refractivity contribution is 5.87. The molecule has 0 bridgehead atoms. The van der Waals surface area contributed by atoms with E-state index >= 15 is 0 Å². The van der Waals surface area contributed by atoms with Gasteiger partial charge >= 0.3 is 12.0 Å². The number of benzene rings is 1. The van der Waals surface area contributed by atoms with Crippen LogP contribution in [0.5, 0.6) is 0 Å². The van der Waals surface area contributed by atoms with Crippen molar-refractivity contribution in [1.82, 2.24) is 15.2 Å². The number of nitrogens with one attached hydrogen (secondary N) is 1. The lowest BCUT2D eigenvalue weighted by atomic mass is 10.1. The molecular weight excluding hydrogens is 346 g/mol. The Kier molecular flexibility index (Phi) is 5.52. The number of hydrogen-bond donors (Lipinski definition) is 2.